The number of carbonyl (C=O) groups excluding carboxylic acids is 1. The van der Waals surface area contributed by atoms with Gasteiger partial charge in [-0.15, -0.1) is 0 Å². The molecule has 1 fully saturated rings. The Morgan fingerprint density at radius 3 is 2.39 bits per heavy atom. The number of carbonyl (C=O) groups is 1. The lowest BCUT2D eigenvalue weighted by Gasteiger charge is -2.33. The highest BCUT2D eigenvalue weighted by Crippen LogP contribution is 2.24. The van der Waals surface area contributed by atoms with Crippen molar-refractivity contribution in [2.24, 2.45) is 0 Å². The number of rotatable bonds is 8. The number of benzene rings is 2. The van der Waals surface area contributed by atoms with Gasteiger partial charge < -0.3 is 4.74 Å². The van der Waals surface area contributed by atoms with Gasteiger partial charge in [-0.1, -0.05) is 42.5 Å². The Balaban J connectivity index is 1.56. The molecule has 1 saturated heterocycles. The molecule has 0 bridgehead atoms. The van der Waals surface area contributed by atoms with Crippen molar-refractivity contribution >= 4 is 16.0 Å². The standard InChI is InChI=1S/C25H33NO4S/c1-19-16-23(17-20(2)21(19)3)12-9-15-30-25(27)24-13-7-8-14-26(24)31(28,29)18-22-10-5-4-6-11-22/h4-6,10-11,16-17,24H,7-9,12-15,18H2,1-3H3/t24-/m0/s1. The van der Waals surface area contributed by atoms with Gasteiger partial charge in [-0.2, -0.15) is 4.31 Å². The van der Waals surface area contributed by atoms with Crippen LogP contribution in [0.5, 0.6) is 0 Å². The van der Waals surface area contributed by atoms with Gasteiger partial charge >= 0.3 is 5.97 Å². The van der Waals surface area contributed by atoms with E-state index >= 15 is 0 Å². The number of esters is 1. The Bertz CT molecular complexity index is 978. The predicted octanol–water partition coefficient (Wildman–Crippen LogP) is 4.47. The van der Waals surface area contributed by atoms with E-state index in [-0.39, 0.29) is 5.75 Å². The molecule has 0 saturated carbocycles. The van der Waals surface area contributed by atoms with Crippen LogP contribution in [-0.2, 0) is 31.7 Å². The molecule has 0 radical (unpaired) electrons. The molecule has 1 atom stereocenters. The van der Waals surface area contributed by atoms with Crippen LogP contribution in [0.15, 0.2) is 42.5 Å². The zero-order valence-electron chi connectivity index (χ0n) is 18.8. The zero-order chi connectivity index (χ0) is 22.4. The second-order valence-electron chi connectivity index (χ2n) is 8.49. The molecule has 0 aliphatic carbocycles. The van der Waals surface area contributed by atoms with Crippen LogP contribution in [0.4, 0.5) is 0 Å². The fraction of sp³-hybridized carbons (Fsp3) is 0.480. The van der Waals surface area contributed by atoms with Crippen LogP contribution in [0.25, 0.3) is 0 Å². The van der Waals surface area contributed by atoms with Crippen LogP contribution in [0.1, 0.15) is 53.5 Å². The van der Waals surface area contributed by atoms with E-state index in [1.165, 1.54) is 26.6 Å². The van der Waals surface area contributed by atoms with Gasteiger partial charge in [0.15, 0.2) is 0 Å². The van der Waals surface area contributed by atoms with E-state index in [1.807, 2.05) is 18.2 Å². The molecule has 31 heavy (non-hydrogen) atoms. The monoisotopic (exact) mass is 443 g/mol. The van der Waals surface area contributed by atoms with Crippen molar-refractivity contribution in [1.82, 2.24) is 4.31 Å². The van der Waals surface area contributed by atoms with Gasteiger partial charge in [0.05, 0.1) is 12.4 Å². The van der Waals surface area contributed by atoms with E-state index < -0.39 is 22.0 Å². The minimum atomic E-state index is -3.59. The van der Waals surface area contributed by atoms with Gasteiger partial charge in [0.2, 0.25) is 10.0 Å². The third-order valence-corrected chi connectivity index (χ3v) is 7.97. The number of hydrogen-bond acceptors (Lipinski definition) is 4. The molecule has 168 valence electrons. The first-order valence-corrected chi connectivity index (χ1v) is 12.7. The Labute approximate surface area is 186 Å². The fourth-order valence-corrected chi connectivity index (χ4v) is 5.92. The van der Waals surface area contributed by atoms with Gasteiger partial charge in [0.25, 0.3) is 0 Å². The van der Waals surface area contributed by atoms with E-state index in [1.54, 1.807) is 12.1 Å². The maximum absolute atomic E-state index is 13.0. The van der Waals surface area contributed by atoms with Gasteiger partial charge in [-0.25, -0.2) is 8.42 Å². The van der Waals surface area contributed by atoms with E-state index in [0.29, 0.717) is 19.6 Å². The molecule has 0 spiro atoms. The summed E-state index contributed by atoms with van der Waals surface area (Å²) in [5.41, 5.74) is 5.82. The Kier molecular flexibility index (Phi) is 7.89. The SMILES string of the molecule is Cc1cc(CCCOC(=O)[C@@H]2CCCCN2S(=O)(=O)Cc2ccccc2)cc(C)c1C. The molecule has 0 aromatic heterocycles. The largest absolute Gasteiger partial charge is 0.464 e. The van der Waals surface area contributed by atoms with E-state index in [2.05, 4.69) is 32.9 Å². The lowest BCUT2D eigenvalue weighted by molar-refractivity contribution is -0.149. The summed E-state index contributed by atoms with van der Waals surface area (Å²) in [5.74, 6) is -0.517. The Hall–Kier alpha value is -2.18. The number of aryl methyl sites for hydroxylation is 3. The molecule has 1 aliphatic rings. The Morgan fingerprint density at radius 1 is 1.03 bits per heavy atom. The topological polar surface area (TPSA) is 63.7 Å². The van der Waals surface area contributed by atoms with Gasteiger partial charge in [0.1, 0.15) is 6.04 Å². The minimum absolute atomic E-state index is 0.0935. The lowest BCUT2D eigenvalue weighted by atomic mass is 9.98. The van der Waals surface area contributed by atoms with Gasteiger partial charge in [-0.05, 0) is 80.7 Å². The molecular formula is C25H33NO4S. The van der Waals surface area contributed by atoms with Crippen molar-refractivity contribution in [3.05, 3.63) is 70.3 Å². The number of nitrogens with zero attached hydrogens (tertiary/aromatic N) is 1. The normalized spacial score (nSPS) is 17.5. The third kappa shape index (κ3) is 6.17. The third-order valence-electron chi connectivity index (χ3n) is 6.12. The average Bonchev–Trinajstić information content (AvgIpc) is 2.75. The molecule has 1 heterocycles. The average molecular weight is 444 g/mol. The van der Waals surface area contributed by atoms with Crippen LogP contribution in [0.2, 0.25) is 0 Å². The lowest BCUT2D eigenvalue weighted by Crippen LogP contribution is -2.49. The summed E-state index contributed by atoms with van der Waals surface area (Å²) >= 11 is 0. The maximum Gasteiger partial charge on any atom is 0.324 e. The molecule has 6 heteroatoms. The second kappa shape index (κ2) is 10.4. The summed E-state index contributed by atoms with van der Waals surface area (Å²) in [4.78, 5) is 12.7. The summed E-state index contributed by atoms with van der Waals surface area (Å²) in [5, 5.41) is 0. The first-order chi connectivity index (χ1) is 14.8. The number of ether oxygens (including phenoxy) is 1. The second-order valence-corrected chi connectivity index (χ2v) is 10.4. The molecule has 2 aromatic rings. The highest BCUT2D eigenvalue weighted by atomic mass is 32.2. The molecule has 1 aliphatic heterocycles. The van der Waals surface area contributed by atoms with E-state index in [4.69, 9.17) is 4.74 Å². The molecule has 3 rings (SSSR count). The number of piperidine rings is 1. The van der Waals surface area contributed by atoms with Crippen molar-refractivity contribution in [3.63, 3.8) is 0 Å². The summed E-state index contributed by atoms with van der Waals surface area (Å²) in [6.45, 7) is 7.02. The van der Waals surface area contributed by atoms with Crippen molar-refractivity contribution in [1.29, 1.82) is 0 Å². The van der Waals surface area contributed by atoms with Crippen LogP contribution >= 0.6 is 0 Å². The summed E-state index contributed by atoms with van der Waals surface area (Å²) in [6.07, 6.45) is 3.67. The molecule has 0 unspecified atom stereocenters. The highest BCUT2D eigenvalue weighted by molar-refractivity contribution is 7.88. The van der Waals surface area contributed by atoms with Crippen LogP contribution in [0.3, 0.4) is 0 Å². The van der Waals surface area contributed by atoms with Crippen molar-refractivity contribution in [2.45, 2.75) is 64.7 Å². The smallest absolute Gasteiger partial charge is 0.324 e. The van der Waals surface area contributed by atoms with Crippen LogP contribution in [-0.4, -0.2) is 37.9 Å². The van der Waals surface area contributed by atoms with Gasteiger partial charge in [0, 0.05) is 6.54 Å². The fourth-order valence-electron chi connectivity index (χ4n) is 4.16. The molecule has 0 N–H and O–H groups in total. The van der Waals surface area contributed by atoms with Crippen molar-refractivity contribution in [2.75, 3.05) is 13.2 Å². The predicted molar refractivity (Wildman–Crippen MR) is 123 cm³/mol. The summed E-state index contributed by atoms with van der Waals surface area (Å²) < 4.78 is 32.9. The molecule has 0 amide bonds. The summed E-state index contributed by atoms with van der Waals surface area (Å²) in [6, 6.07) is 12.7. The number of sulfonamides is 1. The maximum atomic E-state index is 13.0. The van der Waals surface area contributed by atoms with Crippen LogP contribution in [0, 0.1) is 20.8 Å². The summed E-state index contributed by atoms with van der Waals surface area (Å²) in [7, 11) is -3.59. The van der Waals surface area contributed by atoms with E-state index in [9.17, 15) is 13.2 Å². The van der Waals surface area contributed by atoms with Crippen LogP contribution < -0.4 is 0 Å². The minimum Gasteiger partial charge on any atom is -0.464 e. The number of hydrogen-bond donors (Lipinski definition) is 0. The Morgan fingerprint density at radius 2 is 1.71 bits per heavy atom. The van der Waals surface area contributed by atoms with Crippen molar-refractivity contribution < 1.29 is 17.9 Å². The molecular weight excluding hydrogens is 410 g/mol. The molecule has 5 nitrogen and oxygen atoms in total. The highest BCUT2D eigenvalue weighted by Gasteiger charge is 2.37. The first kappa shape index (κ1) is 23.5. The van der Waals surface area contributed by atoms with Crippen molar-refractivity contribution in [3.8, 4) is 0 Å². The van der Waals surface area contributed by atoms with E-state index in [0.717, 1.165) is 31.2 Å². The zero-order valence-corrected chi connectivity index (χ0v) is 19.6. The molecule has 2 aromatic carbocycles. The first-order valence-electron chi connectivity index (χ1n) is 11.0. The quantitative estimate of drug-likeness (QED) is 0.446. The van der Waals surface area contributed by atoms with Gasteiger partial charge in [-0.3, -0.25) is 4.79 Å².